The van der Waals surface area contributed by atoms with Crippen molar-refractivity contribution >= 4 is 17.4 Å². The molecule has 0 amide bonds. The molecule has 1 aromatic carbocycles. The highest BCUT2D eigenvalue weighted by Gasteiger charge is 2.12. The largest absolute Gasteiger partial charge is 0.490 e. The minimum Gasteiger partial charge on any atom is -0.490 e. The Morgan fingerprint density at radius 1 is 1.15 bits per heavy atom. The number of hydrogen-bond donors (Lipinski definition) is 1. The fourth-order valence-corrected chi connectivity index (χ4v) is 2.79. The number of fused-ring (bicyclic) bond motifs is 1. The van der Waals surface area contributed by atoms with Gasteiger partial charge in [-0.2, -0.15) is 0 Å². The Morgan fingerprint density at radius 3 is 2.75 bits per heavy atom. The Kier molecular flexibility index (Phi) is 3.69. The average Bonchev–Trinajstić information content (AvgIpc) is 2.66. The maximum Gasteiger partial charge on any atom is 0.162 e. The Labute approximate surface area is 122 Å². The van der Waals surface area contributed by atoms with Gasteiger partial charge in [0.2, 0.25) is 0 Å². The van der Waals surface area contributed by atoms with Crippen LogP contribution in [-0.4, -0.2) is 18.2 Å². The molecule has 2 N–H and O–H groups in total. The van der Waals surface area contributed by atoms with Crippen molar-refractivity contribution in [3.8, 4) is 11.5 Å². The highest BCUT2D eigenvalue weighted by Crippen LogP contribution is 2.37. The zero-order valence-electron chi connectivity index (χ0n) is 11.3. The topological polar surface area (TPSA) is 57.4 Å². The summed E-state index contributed by atoms with van der Waals surface area (Å²) in [6.07, 6.45) is 2.73. The van der Waals surface area contributed by atoms with E-state index < -0.39 is 0 Å². The summed E-state index contributed by atoms with van der Waals surface area (Å²) in [5, 5.41) is 0.810. The third-order valence-electron chi connectivity index (χ3n) is 2.95. The molecule has 0 fully saturated rings. The second-order valence-electron chi connectivity index (χ2n) is 4.67. The molecule has 5 heteroatoms. The predicted octanol–water partition coefficient (Wildman–Crippen LogP) is 3.28. The summed E-state index contributed by atoms with van der Waals surface area (Å²) < 4.78 is 11.3. The quantitative estimate of drug-likeness (QED) is 0.919. The first kappa shape index (κ1) is 13.1. The lowest BCUT2D eigenvalue weighted by molar-refractivity contribution is 0.297. The number of anilines is 1. The van der Waals surface area contributed by atoms with Crippen molar-refractivity contribution in [1.82, 2.24) is 4.98 Å². The monoisotopic (exact) mass is 288 g/mol. The van der Waals surface area contributed by atoms with E-state index in [4.69, 9.17) is 15.2 Å². The van der Waals surface area contributed by atoms with Gasteiger partial charge >= 0.3 is 0 Å². The molecule has 104 valence electrons. The number of rotatable bonds is 2. The molecule has 0 bridgehead atoms. The Bertz CT molecular complexity index is 631. The van der Waals surface area contributed by atoms with Gasteiger partial charge in [-0.25, -0.2) is 4.98 Å². The molecule has 3 rings (SSSR count). The highest BCUT2D eigenvalue weighted by atomic mass is 32.2. The van der Waals surface area contributed by atoms with E-state index in [1.165, 1.54) is 11.8 Å². The van der Waals surface area contributed by atoms with Crippen LogP contribution in [0.25, 0.3) is 0 Å². The maximum atomic E-state index is 5.99. The number of benzene rings is 1. The van der Waals surface area contributed by atoms with Gasteiger partial charge in [0.25, 0.3) is 0 Å². The lowest BCUT2D eigenvalue weighted by atomic mass is 10.3. The Morgan fingerprint density at radius 2 is 1.95 bits per heavy atom. The molecular weight excluding hydrogens is 272 g/mol. The Hall–Kier alpha value is -1.88. The van der Waals surface area contributed by atoms with E-state index in [-0.39, 0.29) is 0 Å². The van der Waals surface area contributed by atoms with Gasteiger partial charge in [0.05, 0.1) is 18.9 Å². The SMILES string of the molecule is Cc1cnc(Sc2ccc3c(c2)OCCCO3)c(N)c1. The van der Waals surface area contributed by atoms with Crippen molar-refractivity contribution < 1.29 is 9.47 Å². The van der Waals surface area contributed by atoms with Crippen molar-refractivity contribution in [3.63, 3.8) is 0 Å². The maximum absolute atomic E-state index is 5.99. The summed E-state index contributed by atoms with van der Waals surface area (Å²) in [4.78, 5) is 5.41. The molecule has 1 aromatic heterocycles. The summed E-state index contributed by atoms with van der Waals surface area (Å²) in [6.45, 7) is 3.36. The summed E-state index contributed by atoms with van der Waals surface area (Å²) in [6, 6.07) is 7.84. The summed E-state index contributed by atoms with van der Waals surface area (Å²) in [5.74, 6) is 1.59. The molecule has 0 spiro atoms. The van der Waals surface area contributed by atoms with Crippen LogP contribution in [0, 0.1) is 6.92 Å². The highest BCUT2D eigenvalue weighted by molar-refractivity contribution is 7.99. The van der Waals surface area contributed by atoms with E-state index in [1.54, 1.807) is 0 Å². The predicted molar refractivity (Wildman–Crippen MR) is 79.6 cm³/mol. The molecule has 2 heterocycles. The molecule has 4 nitrogen and oxygen atoms in total. The van der Waals surface area contributed by atoms with Gasteiger partial charge in [-0.1, -0.05) is 11.8 Å². The summed E-state index contributed by atoms with van der Waals surface area (Å²) in [7, 11) is 0. The molecule has 0 saturated carbocycles. The fraction of sp³-hybridized carbons (Fsp3) is 0.267. The van der Waals surface area contributed by atoms with Crippen molar-refractivity contribution in [2.45, 2.75) is 23.3 Å². The first-order chi connectivity index (χ1) is 9.72. The van der Waals surface area contributed by atoms with Crippen LogP contribution in [0.1, 0.15) is 12.0 Å². The normalized spacial score (nSPS) is 13.8. The van der Waals surface area contributed by atoms with Crippen LogP contribution >= 0.6 is 11.8 Å². The molecule has 2 aromatic rings. The van der Waals surface area contributed by atoms with Gasteiger partial charge in [-0.3, -0.25) is 0 Å². The van der Waals surface area contributed by atoms with E-state index >= 15 is 0 Å². The van der Waals surface area contributed by atoms with Crippen molar-refractivity contribution in [2.24, 2.45) is 0 Å². The van der Waals surface area contributed by atoms with Crippen LogP contribution in [0.5, 0.6) is 11.5 Å². The standard InChI is InChI=1S/C15H16N2O2S/c1-10-7-12(16)15(17-9-10)20-11-3-4-13-14(8-11)19-6-2-5-18-13/h3-4,7-9H,2,5-6,16H2,1H3. The van der Waals surface area contributed by atoms with Crippen LogP contribution < -0.4 is 15.2 Å². The van der Waals surface area contributed by atoms with Crippen molar-refractivity contribution in [3.05, 3.63) is 36.0 Å². The van der Waals surface area contributed by atoms with E-state index in [0.29, 0.717) is 18.9 Å². The number of aryl methyl sites for hydroxylation is 1. The number of nitrogen functional groups attached to an aromatic ring is 1. The van der Waals surface area contributed by atoms with Gasteiger partial charge in [0, 0.05) is 17.5 Å². The van der Waals surface area contributed by atoms with Crippen LogP contribution in [0.4, 0.5) is 5.69 Å². The molecule has 0 radical (unpaired) electrons. The summed E-state index contributed by atoms with van der Waals surface area (Å²) in [5.41, 5.74) is 7.75. The smallest absolute Gasteiger partial charge is 0.162 e. The second-order valence-corrected chi connectivity index (χ2v) is 5.73. The van der Waals surface area contributed by atoms with Gasteiger partial charge in [-0.15, -0.1) is 0 Å². The third kappa shape index (κ3) is 2.82. The van der Waals surface area contributed by atoms with Gasteiger partial charge in [0.1, 0.15) is 5.03 Å². The first-order valence-corrected chi connectivity index (χ1v) is 7.33. The number of aromatic nitrogens is 1. The minimum absolute atomic E-state index is 0.687. The molecule has 20 heavy (non-hydrogen) atoms. The van der Waals surface area contributed by atoms with Crippen LogP contribution in [0.2, 0.25) is 0 Å². The van der Waals surface area contributed by atoms with Crippen LogP contribution in [0.15, 0.2) is 40.4 Å². The number of pyridine rings is 1. The Balaban J connectivity index is 1.86. The first-order valence-electron chi connectivity index (χ1n) is 6.52. The molecule has 0 saturated heterocycles. The van der Waals surface area contributed by atoms with E-state index in [2.05, 4.69) is 4.98 Å². The van der Waals surface area contributed by atoms with E-state index in [9.17, 15) is 0 Å². The number of nitrogens with zero attached hydrogens (tertiary/aromatic N) is 1. The lowest BCUT2D eigenvalue weighted by Crippen LogP contribution is -1.97. The number of hydrogen-bond acceptors (Lipinski definition) is 5. The van der Waals surface area contributed by atoms with Crippen LogP contribution in [-0.2, 0) is 0 Å². The zero-order valence-corrected chi connectivity index (χ0v) is 12.1. The molecule has 0 atom stereocenters. The average molecular weight is 288 g/mol. The zero-order chi connectivity index (χ0) is 13.9. The van der Waals surface area contributed by atoms with Gasteiger partial charge < -0.3 is 15.2 Å². The third-order valence-corrected chi connectivity index (χ3v) is 3.97. The van der Waals surface area contributed by atoms with Crippen molar-refractivity contribution in [2.75, 3.05) is 18.9 Å². The van der Waals surface area contributed by atoms with Gasteiger partial charge in [0.15, 0.2) is 11.5 Å². The number of ether oxygens (including phenoxy) is 2. The lowest BCUT2D eigenvalue weighted by Gasteiger charge is -2.09. The molecule has 1 aliphatic rings. The fourth-order valence-electron chi connectivity index (χ4n) is 1.98. The molecule has 0 aliphatic carbocycles. The van der Waals surface area contributed by atoms with Gasteiger partial charge in [-0.05, 0) is 36.8 Å². The molecule has 0 unspecified atom stereocenters. The number of nitrogens with two attached hydrogens (primary N) is 1. The van der Waals surface area contributed by atoms with E-state index in [1.807, 2.05) is 37.4 Å². The summed E-state index contributed by atoms with van der Waals surface area (Å²) >= 11 is 1.53. The van der Waals surface area contributed by atoms with Crippen molar-refractivity contribution in [1.29, 1.82) is 0 Å². The molecule has 1 aliphatic heterocycles. The van der Waals surface area contributed by atoms with E-state index in [0.717, 1.165) is 33.4 Å². The molecular formula is C15H16N2O2S. The van der Waals surface area contributed by atoms with Crippen LogP contribution in [0.3, 0.4) is 0 Å². The minimum atomic E-state index is 0.687. The second kappa shape index (κ2) is 5.63.